The Morgan fingerprint density at radius 3 is 2.76 bits per heavy atom. The molecule has 0 aliphatic carbocycles. The Kier molecular flexibility index (Phi) is 4.49. The van der Waals surface area contributed by atoms with Gasteiger partial charge in [0.25, 0.3) is 11.5 Å². The van der Waals surface area contributed by atoms with E-state index in [4.69, 9.17) is 10.5 Å². The van der Waals surface area contributed by atoms with Crippen LogP contribution in [0.5, 0.6) is 5.75 Å². The zero-order valence-corrected chi connectivity index (χ0v) is 13.4. The van der Waals surface area contributed by atoms with Gasteiger partial charge in [-0.1, -0.05) is 6.07 Å². The number of halogens is 1. The molecule has 0 saturated carbocycles. The number of aromatic nitrogens is 1. The number of fused-ring (bicyclic) bond motifs is 1. The average Bonchev–Trinajstić information content (AvgIpc) is 2.60. The van der Waals surface area contributed by atoms with E-state index < -0.39 is 17.3 Å². The SMILES string of the molecule is COc1cc(NC(=O)c2cc3ccc(F)cc3[nH]c2=O)ccc1CN. The first kappa shape index (κ1) is 16.7. The first-order chi connectivity index (χ1) is 12.0. The van der Waals surface area contributed by atoms with Crippen molar-refractivity contribution in [3.63, 3.8) is 0 Å². The standard InChI is InChI=1S/C18H16FN3O3/c1-25-16-8-13(5-3-11(16)9-20)21-17(23)14-6-10-2-4-12(19)7-15(10)22-18(14)24/h2-8H,9,20H2,1H3,(H,21,23)(H,22,24). The maximum absolute atomic E-state index is 13.2. The van der Waals surface area contributed by atoms with Crippen LogP contribution in [-0.4, -0.2) is 18.0 Å². The summed E-state index contributed by atoms with van der Waals surface area (Å²) >= 11 is 0. The van der Waals surface area contributed by atoms with E-state index in [0.29, 0.717) is 28.9 Å². The monoisotopic (exact) mass is 341 g/mol. The van der Waals surface area contributed by atoms with Gasteiger partial charge in [-0.3, -0.25) is 9.59 Å². The van der Waals surface area contributed by atoms with Crippen molar-refractivity contribution in [2.75, 3.05) is 12.4 Å². The molecule has 0 bridgehead atoms. The summed E-state index contributed by atoms with van der Waals surface area (Å²) in [6.07, 6.45) is 0. The van der Waals surface area contributed by atoms with Crippen molar-refractivity contribution in [1.82, 2.24) is 4.98 Å². The van der Waals surface area contributed by atoms with E-state index in [9.17, 15) is 14.0 Å². The first-order valence-electron chi connectivity index (χ1n) is 7.52. The highest BCUT2D eigenvalue weighted by Crippen LogP contribution is 2.23. The second-order valence-corrected chi connectivity index (χ2v) is 5.43. The minimum atomic E-state index is -0.596. The van der Waals surface area contributed by atoms with Gasteiger partial charge in [0.05, 0.1) is 12.6 Å². The van der Waals surface area contributed by atoms with E-state index in [-0.39, 0.29) is 5.56 Å². The summed E-state index contributed by atoms with van der Waals surface area (Å²) < 4.78 is 18.4. The van der Waals surface area contributed by atoms with Gasteiger partial charge in [-0.05, 0) is 35.7 Å². The minimum absolute atomic E-state index is 0.0685. The fourth-order valence-corrected chi connectivity index (χ4v) is 2.53. The molecule has 3 aromatic rings. The van der Waals surface area contributed by atoms with E-state index in [2.05, 4.69) is 10.3 Å². The lowest BCUT2D eigenvalue weighted by Gasteiger charge is -2.10. The normalized spacial score (nSPS) is 10.7. The van der Waals surface area contributed by atoms with Crippen LogP contribution < -0.4 is 21.3 Å². The summed E-state index contributed by atoms with van der Waals surface area (Å²) in [7, 11) is 1.51. The van der Waals surface area contributed by atoms with Crippen molar-refractivity contribution in [2.45, 2.75) is 6.54 Å². The third kappa shape index (κ3) is 3.36. The smallest absolute Gasteiger partial charge is 0.261 e. The Morgan fingerprint density at radius 2 is 2.04 bits per heavy atom. The summed E-state index contributed by atoms with van der Waals surface area (Å²) in [6, 6.07) is 10.4. The van der Waals surface area contributed by atoms with Gasteiger partial charge in [0.15, 0.2) is 0 Å². The highest BCUT2D eigenvalue weighted by Gasteiger charge is 2.13. The van der Waals surface area contributed by atoms with E-state index in [1.165, 1.54) is 31.4 Å². The molecule has 4 N–H and O–H groups in total. The number of ether oxygens (including phenoxy) is 1. The maximum atomic E-state index is 13.2. The molecule has 0 spiro atoms. The molecule has 0 atom stereocenters. The first-order valence-corrected chi connectivity index (χ1v) is 7.52. The van der Waals surface area contributed by atoms with Crippen LogP contribution in [0.1, 0.15) is 15.9 Å². The van der Waals surface area contributed by atoms with Crippen LogP contribution in [0.15, 0.2) is 47.3 Å². The summed E-state index contributed by atoms with van der Waals surface area (Å²) in [4.78, 5) is 27.1. The van der Waals surface area contributed by atoms with E-state index >= 15 is 0 Å². The van der Waals surface area contributed by atoms with Crippen molar-refractivity contribution in [3.8, 4) is 5.75 Å². The number of pyridine rings is 1. The number of anilines is 1. The summed E-state index contributed by atoms with van der Waals surface area (Å²) in [5.41, 5.74) is 6.54. The van der Waals surface area contributed by atoms with Crippen LogP contribution >= 0.6 is 0 Å². The highest BCUT2D eigenvalue weighted by molar-refractivity contribution is 6.05. The van der Waals surface area contributed by atoms with Crippen LogP contribution in [0.3, 0.4) is 0 Å². The molecule has 3 rings (SSSR count). The quantitative estimate of drug-likeness (QED) is 0.679. The zero-order valence-electron chi connectivity index (χ0n) is 13.4. The highest BCUT2D eigenvalue weighted by atomic mass is 19.1. The molecule has 6 nitrogen and oxygen atoms in total. The summed E-state index contributed by atoms with van der Waals surface area (Å²) in [5, 5.41) is 3.20. The number of amides is 1. The van der Waals surface area contributed by atoms with Crippen molar-refractivity contribution in [2.24, 2.45) is 5.73 Å². The van der Waals surface area contributed by atoms with Gasteiger partial charge < -0.3 is 20.8 Å². The molecule has 2 aromatic carbocycles. The molecule has 0 radical (unpaired) electrons. The lowest BCUT2D eigenvalue weighted by atomic mass is 10.1. The van der Waals surface area contributed by atoms with Crippen LogP contribution in [0.25, 0.3) is 10.9 Å². The van der Waals surface area contributed by atoms with Gasteiger partial charge in [-0.25, -0.2) is 4.39 Å². The summed E-state index contributed by atoms with van der Waals surface area (Å²) in [6.45, 7) is 0.304. The number of hydrogen-bond acceptors (Lipinski definition) is 4. The van der Waals surface area contributed by atoms with Gasteiger partial charge in [-0.2, -0.15) is 0 Å². The van der Waals surface area contributed by atoms with Crippen molar-refractivity contribution >= 4 is 22.5 Å². The molecular weight excluding hydrogens is 325 g/mol. The number of nitrogens with one attached hydrogen (secondary N) is 2. The maximum Gasteiger partial charge on any atom is 0.261 e. The molecule has 25 heavy (non-hydrogen) atoms. The second-order valence-electron chi connectivity index (χ2n) is 5.43. The van der Waals surface area contributed by atoms with Crippen LogP contribution in [0.4, 0.5) is 10.1 Å². The predicted molar refractivity (Wildman–Crippen MR) is 93.4 cm³/mol. The van der Waals surface area contributed by atoms with E-state index in [1.54, 1.807) is 18.2 Å². The average molecular weight is 341 g/mol. The second kappa shape index (κ2) is 6.74. The number of H-pyrrole nitrogens is 1. The topological polar surface area (TPSA) is 97.2 Å². The number of aromatic amines is 1. The number of carbonyl (C=O) groups is 1. The van der Waals surface area contributed by atoms with E-state index in [0.717, 1.165) is 5.56 Å². The number of nitrogens with two attached hydrogens (primary N) is 1. The minimum Gasteiger partial charge on any atom is -0.496 e. The van der Waals surface area contributed by atoms with Crippen molar-refractivity contribution in [1.29, 1.82) is 0 Å². The van der Waals surface area contributed by atoms with Gasteiger partial charge in [0.2, 0.25) is 0 Å². The molecule has 128 valence electrons. The number of methoxy groups -OCH3 is 1. The molecule has 7 heteroatoms. The predicted octanol–water partition coefficient (Wildman–Crippen LogP) is 2.39. The fourth-order valence-electron chi connectivity index (χ4n) is 2.53. The molecule has 1 heterocycles. The van der Waals surface area contributed by atoms with Gasteiger partial charge in [0.1, 0.15) is 17.1 Å². The molecule has 0 saturated heterocycles. The Morgan fingerprint density at radius 1 is 1.24 bits per heavy atom. The summed E-state index contributed by atoms with van der Waals surface area (Å²) in [5.74, 6) is -0.495. The molecule has 0 fully saturated rings. The van der Waals surface area contributed by atoms with Crippen molar-refractivity contribution in [3.05, 3.63) is 69.8 Å². The van der Waals surface area contributed by atoms with Crippen molar-refractivity contribution < 1.29 is 13.9 Å². The third-order valence-corrected chi connectivity index (χ3v) is 3.82. The molecule has 0 aliphatic heterocycles. The van der Waals surface area contributed by atoms with Gasteiger partial charge in [-0.15, -0.1) is 0 Å². The Bertz CT molecular complexity index is 1010. The van der Waals surface area contributed by atoms with Crippen LogP contribution in [0.2, 0.25) is 0 Å². The largest absolute Gasteiger partial charge is 0.496 e. The lowest BCUT2D eigenvalue weighted by molar-refractivity contribution is 0.102. The third-order valence-electron chi connectivity index (χ3n) is 3.82. The molecular formula is C18H16FN3O3. The Balaban J connectivity index is 1.93. The van der Waals surface area contributed by atoms with Crippen LogP contribution in [-0.2, 0) is 6.54 Å². The zero-order chi connectivity index (χ0) is 18.0. The number of hydrogen-bond donors (Lipinski definition) is 3. The number of rotatable bonds is 4. The van der Waals surface area contributed by atoms with Gasteiger partial charge in [0, 0.05) is 23.9 Å². The molecule has 0 unspecified atom stereocenters. The fraction of sp³-hybridized carbons (Fsp3) is 0.111. The number of benzene rings is 2. The van der Waals surface area contributed by atoms with Crippen LogP contribution in [0, 0.1) is 5.82 Å². The Labute approximate surface area is 142 Å². The van der Waals surface area contributed by atoms with Gasteiger partial charge >= 0.3 is 0 Å². The molecule has 1 amide bonds. The Hall–Kier alpha value is -3.19. The lowest BCUT2D eigenvalue weighted by Crippen LogP contribution is -2.23. The number of carbonyl (C=O) groups excluding carboxylic acids is 1. The molecule has 0 aliphatic rings. The van der Waals surface area contributed by atoms with E-state index in [1.807, 2.05) is 0 Å². The molecule has 1 aromatic heterocycles.